The molecule has 0 aliphatic carbocycles. The molecule has 8 nitrogen and oxygen atoms in total. The Hall–Kier alpha value is -2.38. The first kappa shape index (κ1) is 15.0. The number of imidazole rings is 1. The summed E-state index contributed by atoms with van der Waals surface area (Å²) >= 11 is 0. The topological polar surface area (TPSA) is 89.8 Å². The van der Waals surface area contributed by atoms with Crippen molar-refractivity contribution < 1.29 is 4.74 Å². The van der Waals surface area contributed by atoms with E-state index in [1.54, 1.807) is 6.20 Å². The first-order valence-electron chi connectivity index (χ1n) is 7.05. The van der Waals surface area contributed by atoms with Gasteiger partial charge in [0.2, 0.25) is 11.9 Å². The highest BCUT2D eigenvalue weighted by atomic mass is 16.5. The van der Waals surface area contributed by atoms with Crippen LogP contribution in [0.1, 0.15) is 19.7 Å². The fourth-order valence-corrected chi connectivity index (χ4v) is 1.79. The van der Waals surface area contributed by atoms with Crippen LogP contribution in [0.2, 0.25) is 0 Å². The SMILES string of the molecule is CCNc1nc(NCCc2nccn2C)nc(OCC)n1. The van der Waals surface area contributed by atoms with Gasteiger partial charge < -0.3 is 19.9 Å². The molecule has 2 rings (SSSR count). The normalized spacial score (nSPS) is 10.4. The third-order valence-corrected chi connectivity index (χ3v) is 2.78. The van der Waals surface area contributed by atoms with Gasteiger partial charge in [-0.1, -0.05) is 0 Å². The molecule has 0 amide bonds. The Morgan fingerprint density at radius 2 is 1.90 bits per heavy atom. The third kappa shape index (κ3) is 4.30. The summed E-state index contributed by atoms with van der Waals surface area (Å²) in [5.41, 5.74) is 0. The van der Waals surface area contributed by atoms with Gasteiger partial charge in [-0.25, -0.2) is 4.98 Å². The molecule has 8 heteroatoms. The van der Waals surface area contributed by atoms with E-state index in [9.17, 15) is 0 Å². The summed E-state index contributed by atoms with van der Waals surface area (Å²) < 4.78 is 7.34. The van der Waals surface area contributed by atoms with Gasteiger partial charge in [0.1, 0.15) is 5.82 Å². The number of rotatable bonds is 8. The Kier molecular flexibility index (Phi) is 5.30. The molecule has 2 heterocycles. The molecule has 0 saturated carbocycles. The van der Waals surface area contributed by atoms with Crippen molar-refractivity contribution in [2.24, 2.45) is 7.05 Å². The first-order chi connectivity index (χ1) is 10.2. The lowest BCUT2D eigenvalue weighted by molar-refractivity contribution is 0.312. The van der Waals surface area contributed by atoms with Gasteiger partial charge in [0, 0.05) is 39.0 Å². The zero-order chi connectivity index (χ0) is 15.1. The van der Waals surface area contributed by atoms with E-state index in [0.29, 0.717) is 31.1 Å². The highest BCUT2D eigenvalue weighted by molar-refractivity contribution is 5.35. The minimum atomic E-state index is 0.322. The molecule has 21 heavy (non-hydrogen) atoms. The van der Waals surface area contributed by atoms with Gasteiger partial charge >= 0.3 is 6.01 Å². The van der Waals surface area contributed by atoms with Gasteiger partial charge in [-0.15, -0.1) is 0 Å². The second-order valence-electron chi connectivity index (χ2n) is 4.36. The molecule has 0 aromatic carbocycles. The smallest absolute Gasteiger partial charge is 0.323 e. The van der Waals surface area contributed by atoms with Crippen LogP contribution in [0.4, 0.5) is 11.9 Å². The zero-order valence-electron chi connectivity index (χ0n) is 12.6. The average Bonchev–Trinajstić information content (AvgIpc) is 2.85. The maximum absolute atomic E-state index is 5.35. The van der Waals surface area contributed by atoms with Crippen LogP contribution in [-0.2, 0) is 13.5 Å². The monoisotopic (exact) mass is 291 g/mol. The Bertz CT molecular complexity index is 545. The van der Waals surface area contributed by atoms with Crippen LogP contribution in [0, 0.1) is 0 Å². The summed E-state index contributed by atoms with van der Waals surface area (Å²) in [6.07, 6.45) is 4.50. The second-order valence-corrected chi connectivity index (χ2v) is 4.36. The second kappa shape index (κ2) is 7.41. The maximum atomic E-state index is 5.35. The van der Waals surface area contributed by atoms with Crippen LogP contribution in [0.5, 0.6) is 6.01 Å². The first-order valence-corrected chi connectivity index (χ1v) is 7.05. The third-order valence-electron chi connectivity index (χ3n) is 2.78. The van der Waals surface area contributed by atoms with Crippen molar-refractivity contribution in [1.82, 2.24) is 24.5 Å². The van der Waals surface area contributed by atoms with Crippen molar-refractivity contribution in [2.75, 3.05) is 30.3 Å². The molecule has 0 aliphatic rings. The van der Waals surface area contributed by atoms with Crippen LogP contribution in [-0.4, -0.2) is 44.2 Å². The van der Waals surface area contributed by atoms with Gasteiger partial charge in [-0.2, -0.15) is 15.0 Å². The predicted molar refractivity (Wildman–Crippen MR) is 80.6 cm³/mol. The maximum Gasteiger partial charge on any atom is 0.323 e. The van der Waals surface area contributed by atoms with E-state index < -0.39 is 0 Å². The molecule has 0 bridgehead atoms. The van der Waals surface area contributed by atoms with Crippen molar-refractivity contribution in [3.63, 3.8) is 0 Å². The number of hydrogen-bond acceptors (Lipinski definition) is 7. The van der Waals surface area contributed by atoms with Gasteiger partial charge in [-0.3, -0.25) is 0 Å². The molecule has 0 unspecified atom stereocenters. The van der Waals surface area contributed by atoms with Crippen LogP contribution in [0.15, 0.2) is 12.4 Å². The highest BCUT2D eigenvalue weighted by Gasteiger charge is 2.07. The summed E-state index contributed by atoms with van der Waals surface area (Å²) in [4.78, 5) is 17.0. The Morgan fingerprint density at radius 1 is 1.14 bits per heavy atom. The van der Waals surface area contributed by atoms with Crippen LogP contribution in [0.25, 0.3) is 0 Å². The lowest BCUT2D eigenvalue weighted by Crippen LogP contribution is -2.13. The molecule has 0 saturated heterocycles. The number of aryl methyl sites for hydroxylation is 1. The van der Waals surface area contributed by atoms with E-state index in [2.05, 4.69) is 30.6 Å². The number of ether oxygens (including phenoxy) is 1. The lowest BCUT2D eigenvalue weighted by Gasteiger charge is -2.09. The quantitative estimate of drug-likeness (QED) is 0.752. The molecule has 0 spiro atoms. The number of aromatic nitrogens is 5. The summed E-state index contributed by atoms with van der Waals surface area (Å²) in [6.45, 7) is 5.82. The number of nitrogens with zero attached hydrogens (tertiary/aromatic N) is 5. The molecule has 2 aromatic heterocycles. The van der Waals surface area contributed by atoms with Crippen molar-refractivity contribution in [3.05, 3.63) is 18.2 Å². The molecule has 0 fully saturated rings. The van der Waals surface area contributed by atoms with Crippen molar-refractivity contribution >= 4 is 11.9 Å². The standard InChI is InChI=1S/C13H21N7O/c1-4-14-11-17-12(19-13(18-11)21-5-2)16-7-6-10-15-8-9-20(10)3/h8-9H,4-7H2,1-3H3,(H2,14,16,17,18,19). The van der Waals surface area contributed by atoms with Gasteiger partial charge in [0.15, 0.2) is 0 Å². The number of hydrogen-bond donors (Lipinski definition) is 2. The van der Waals surface area contributed by atoms with Crippen molar-refractivity contribution in [2.45, 2.75) is 20.3 Å². The lowest BCUT2D eigenvalue weighted by atomic mass is 10.4. The molecule has 0 atom stereocenters. The Labute approximate surface area is 124 Å². The Balaban J connectivity index is 1.99. The van der Waals surface area contributed by atoms with E-state index >= 15 is 0 Å². The molecule has 2 N–H and O–H groups in total. The Morgan fingerprint density at radius 3 is 2.52 bits per heavy atom. The minimum Gasteiger partial charge on any atom is -0.464 e. The highest BCUT2D eigenvalue weighted by Crippen LogP contribution is 2.11. The van der Waals surface area contributed by atoms with Crippen LogP contribution in [0.3, 0.4) is 0 Å². The van der Waals surface area contributed by atoms with Gasteiger partial charge in [0.05, 0.1) is 6.61 Å². The van der Waals surface area contributed by atoms with E-state index in [1.807, 2.05) is 31.7 Å². The predicted octanol–water partition coefficient (Wildman–Crippen LogP) is 1.09. The van der Waals surface area contributed by atoms with E-state index in [4.69, 9.17) is 4.74 Å². The molecular weight excluding hydrogens is 270 g/mol. The van der Waals surface area contributed by atoms with E-state index in [0.717, 1.165) is 18.8 Å². The van der Waals surface area contributed by atoms with Crippen molar-refractivity contribution in [3.8, 4) is 6.01 Å². The number of anilines is 2. The molecule has 0 aliphatic heterocycles. The van der Waals surface area contributed by atoms with E-state index in [1.165, 1.54) is 0 Å². The molecule has 0 radical (unpaired) electrons. The zero-order valence-corrected chi connectivity index (χ0v) is 12.6. The van der Waals surface area contributed by atoms with E-state index in [-0.39, 0.29) is 0 Å². The van der Waals surface area contributed by atoms with Gasteiger partial charge in [0.25, 0.3) is 0 Å². The van der Waals surface area contributed by atoms with Gasteiger partial charge in [-0.05, 0) is 13.8 Å². The fourth-order valence-electron chi connectivity index (χ4n) is 1.79. The summed E-state index contributed by atoms with van der Waals surface area (Å²) in [6, 6.07) is 0.322. The van der Waals surface area contributed by atoms with Crippen LogP contribution < -0.4 is 15.4 Å². The van der Waals surface area contributed by atoms with Crippen LogP contribution >= 0.6 is 0 Å². The molecule has 114 valence electrons. The summed E-state index contributed by atoms with van der Waals surface area (Å²) in [5, 5.41) is 6.23. The fraction of sp³-hybridized carbons (Fsp3) is 0.538. The largest absolute Gasteiger partial charge is 0.464 e. The molecule has 2 aromatic rings. The van der Waals surface area contributed by atoms with Crippen molar-refractivity contribution in [1.29, 1.82) is 0 Å². The average molecular weight is 291 g/mol. The molecular formula is C13H21N7O. The summed E-state index contributed by atoms with van der Waals surface area (Å²) in [5.74, 6) is 2.02. The number of nitrogens with one attached hydrogen (secondary N) is 2. The summed E-state index contributed by atoms with van der Waals surface area (Å²) in [7, 11) is 1.97. The minimum absolute atomic E-state index is 0.322.